The summed E-state index contributed by atoms with van der Waals surface area (Å²) in [6.45, 7) is 3.53. The van der Waals surface area contributed by atoms with E-state index in [0.29, 0.717) is 12.5 Å². The molecule has 0 bridgehead atoms. The minimum absolute atomic E-state index is 0. The van der Waals surface area contributed by atoms with Crippen molar-refractivity contribution in [3.05, 3.63) is 29.6 Å². The summed E-state index contributed by atoms with van der Waals surface area (Å²) < 4.78 is 25.2. The molecular formula is C13H22Cl3F2N3. The van der Waals surface area contributed by atoms with Crippen molar-refractivity contribution in [3.63, 3.8) is 0 Å². The molecule has 1 fully saturated rings. The number of pyridine rings is 1. The van der Waals surface area contributed by atoms with Crippen LogP contribution in [0.15, 0.2) is 18.2 Å². The first-order valence-corrected chi connectivity index (χ1v) is 6.38. The highest BCUT2D eigenvalue weighted by Gasteiger charge is 2.22. The van der Waals surface area contributed by atoms with Crippen LogP contribution in [0.3, 0.4) is 0 Å². The van der Waals surface area contributed by atoms with E-state index in [4.69, 9.17) is 5.73 Å². The first kappa shape index (κ1) is 23.1. The SMILES string of the molecule is Cl.Cl.Cl.NCCN1CCC(c2cccc(C(F)F)n2)CC1. The maximum absolute atomic E-state index is 12.6. The van der Waals surface area contributed by atoms with E-state index in [1.165, 1.54) is 6.07 Å². The van der Waals surface area contributed by atoms with E-state index in [9.17, 15) is 8.78 Å². The molecule has 2 rings (SSSR count). The topological polar surface area (TPSA) is 42.1 Å². The van der Waals surface area contributed by atoms with Crippen LogP contribution in [0.5, 0.6) is 0 Å². The van der Waals surface area contributed by atoms with Crippen molar-refractivity contribution in [2.45, 2.75) is 25.2 Å². The largest absolute Gasteiger partial charge is 0.329 e. The number of aromatic nitrogens is 1. The third-order valence-corrected chi connectivity index (χ3v) is 3.47. The molecule has 0 aromatic carbocycles. The summed E-state index contributed by atoms with van der Waals surface area (Å²) >= 11 is 0. The molecule has 0 atom stereocenters. The van der Waals surface area contributed by atoms with Crippen LogP contribution in [-0.2, 0) is 0 Å². The predicted molar refractivity (Wildman–Crippen MR) is 88.4 cm³/mol. The summed E-state index contributed by atoms with van der Waals surface area (Å²) in [6.07, 6.45) is -0.540. The molecule has 124 valence electrons. The molecule has 1 aromatic rings. The van der Waals surface area contributed by atoms with Gasteiger partial charge in [-0.3, -0.25) is 4.98 Å². The molecule has 1 aromatic heterocycles. The molecule has 0 radical (unpaired) electrons. The number of piperidine rings is 1. The quantitative estimate of drug-likeness (QED) is 0.890. The normalized spacial score (nSPS) is 15.8. The van der Waals surface area contributed by atoms with Crippen molar-refractivity contribution in [2.24, 2.45) is 5.73 Å². The average Bonchev–Trinajstić information content (AvgIpc) is 2.40. The van der Waals surface area contributed by atoms with Crippen molar-refractivity contribution < 1.29 is 8.78 Å². The van der Waals surface area contributed by atoms with Crippen LogP contribution in [0, 0.1) is 0 Å². The number of hydrogen-bond acceptors (Lipinski definition) is 3. The Bertz CT molecular complexity index is 389. The summed E-state index contributed by atoms with van der Waals surface area (Å²) in [7, 11) is 0. The lowest BCUT2D eigenvalue weighted by atomic mass is 9.93. The molecule has 1 saturated heterocycles. The van der Waals surface area contributed by atoms with Crippen LogP contribution in [0.2, 0.25) is 0 Å². The molecule has 2 heterocycles. The molecule has 0 aliphatic carbocycles. The van der Waals surface area contributed by atoms with Gasteiger partial charge in [0, 0.05) is 24.7 Å². The first-order chi connectivity index (χ1) is 8.70. The fraction of sp³-hybridized carbons (Fsp3) is 0.615. The first-order valence-electron chi connectivity index (χ1n) is 6.38. The second kappa shape index (κ2) is 11.4. The molecule has 0 unspecified atom stereocenters. The lowest BCUT2D eigenvalue weighted by Crippen LogP contribution is -2.36. The van der Waals surface area contributed by atoms with E-state index in [0.717, 1.165) is 38.2 Å². The van der Waals surface area contributed by atoms with Crippen LogP contribution in [0.4, 0.5) is 8.78 Å². The van der Waals surface area contributed by atoms with E-state index in [1.807, 2.05) is 6.07 Å². The second-order valence-corrected chi connectivity index (χ2v) is 4.69. The number of alkyl halides is 2. The summed E-state index contributed by atoms with van der Waals surface area (Å²) in [6, 6.07) is 4.92. The van der Waals surface area contributed by atoms with Gasteiger partial charge >= 0.3 is 0 Å². The fourth-order valence-corrected chi connectivity index (χ4v) is 2.45. The minimum Gasteiger partial charge on any atom is -0.329 e. The van der Waals surface area contributed by atoms with Crippen LogP contribution in [0.25, 0.3) is 0 Å². The molecule has 8 heteroatoms. The van der Waals surface area contributed by atoms with Crippen molar-refractivity contribution >= 4 is 37.2 Å². The van der Waals surface area contributed by atoms with E-state index >= 15 is 0 Å². The number of hydrogen-bond donors (Lipinski definition) is 1. The van der Waals surface area contributed by atoms with Gasteiger partial charge in [0.15, 0.2) is 0 Å². The Morgan fingerprint density at radius 3 is 2.33 bits per heavy atom. The molecule has 3 nitrogen and oxygen atoms in total. The summed E-state index contributed by atoms with van der Waals surface area (Å²) in [5.41, 5.74) is 6.21. The van der Waals surface area contributed by atoms with Gasteiger partial charge in [0.05, 0.1) is 0 Å². The minimum atomic E-state index is -2.48. The van der Waals surface area contributed by atoms with Gasteiger partial charge in [0.2, 0.25) is 0 Å². The third-order valence-electron chi connectivity index (χ3n) is 3.47. The summed E-state index contributed by atoms with van der Waals surface area (Å²) in [5, 5.41) is 0. The number of nitrogens with zero attached hydrogens (tertiary/aromatic N) is 2. The summed E-state index contributed by atoms with van der Waals surface area (Å²) in [4.78, 5) is 6.39. The smallest absolute Gasteiger partial charge is 0.280 e. The summed E-state index contributed by atoms with van der Waals surface area (Å²) in [5.74, 6) is 0.303. The Balaban J connectivity index is 0. The zero-order chi connectivity index (χ0) is 13.0. The van der Waals surface area contributed by atoms with Gasteiger partial charge in [-0.2, -0.15) is 0 Å². The van der Waals surface area contributed by atoms with Crippen molar-refractivity contribution in [1.82, 2.24) is 9.88 Å². The van der Waals surface area contributed by atoms with Crippen LogP contribution in [0.1, 0.15) is 36.6 Å². The van der Waals surface area contributed by atoms with Crippen molar-refractivity contribution in [3.8, 4) is 0 Å². The Labute approximate surface area is 142 Å². The lowest BCUT2D eigenvalue weighted by Gasteiger charge is -2.31. The highest BCUT2D eigenvalue weighted by atomic mass is 35.5. The van der Waals surface area contributed by atoms with E-state index in [1.54, 1.807) is 6.07 Å². The molecule has 2 N–H and O–H groups in total. The Kier molecular flexibility index (Phi) is 12.5. The molecule has 0 saturated carbocycles. The van der Waals surface area contributed by atoms with Crippen LogP contribution >= 0.6 is 37.2 Å². The lowest BCUT2D eigenvalue weighted by molar-refractivity contribution is 0.145. The van der Waals surface area contributed by atoms with Gasteiger partial charge in [0.1, 0.15) is 5.69 Å². The standard InChI is InChI=1S/C13H19F2N3.3ClH/c14-13(15)12-3-1-2-11(17-12)10-4-7-18(8-5-10)9-6-16;;;/h1-3,10,13H,4-9,16H2;3*1H. The highest BCUT2D eigenvalue weighted by Crippen LogP contribution is 2.28. The highest BCUT2D eigenvalue weighted by molar-refractivity contribution is 5.86. The predicted octanol–water partition coefficient (Wildman–Crippen LogP) is 3.42. The zero-order valence-electron chi connectivity index (χ0n) is 11.6. The molecule has 21 heavy (non-hydrogen) atoms. The molecule has 0 spiro atoms. The van der Waals surface area contributed by atoms with Gasteiger partial charge in [0.25, 0.3) is 6.43 Å². The molecular weight excluding hydrogens is 343 g/mol. The van der Waals surface area contributed by atoms with Crippen molar-refractivity contribution in [1.29, 1.82) is 0 Å². The van der Waals surface area contributed by atoms with Crippen LogP contribution in [-0.4, -0.2) is 36.1 Å². The molecule has 1 aliphatic heterocycles. The zero-order valence-corrected chi connectivity index (χ0v) is 14.0. The van der Waals surface area contributed by atoms with Crippen LogP contribution < -0.4 is 5.73 Å². The fourth-order valence-electron chi connectivity index (χ4n) is 2.45. The maximum atomic E-state index is 12.6. The van der Waals surface area contributed by atoms with Gasteiger partial charge in [-0.15, -0.1) is 37.2 Å². The number of rotatable bonds is 4. The Hall–Kier alpha value is -0.200. The molecule has 1 aliphatic rings. The monoisotopic (exact) mass is 363 g/mol. The van der Waals surface area contributed by atoms with E-state index < -0.39 is 6.43 Å². The maximum Gasteiger partial charge on any atom is 0.280 e. The van der Waals surface area contributed by atoms with Gasteiger partial charge in [-0.1, -0.05) is 6.07 Å². The van der Waals surface area contributed by atoms with Gasteiger partial charge in [-0.25, -0.2) is 8.78 Å². The average molecular weight is 365 g/mol. The number of likely N-dealkylation sites (tertiary alicyclic amines) is 1. The number of halogens is 5. The van der Waals surface area contributed by atoms with Gasteiger partial charge < -0.3 is 10.6 Å². The Morgan fingerprint density at radius 2 is 1.81 bits per heavy atom. The molecule has 0 amide bonds. The second-order valence-electron chi connectivity index (χ2n) is 4.69. The Morgan fingerprint density at radius 1 is 1.19 bits per heavy atom. The number of nitrogens with two attached hydrogens (primary N) is 1. The third kappa shape index (κ3) is 6.61. The van der Waals surface area contributed by atoms with Gasteiger partial charge in [-0.05, 0) is 38.1 Å². The van der Waals surface area contributed by atoms with Crippen molar-refractivity contribution in [2.75, 3.05) is 26.2 Å². The van der Waals surface area contributed by atoms with E-state index in [-0.39, 0.29) is 42.9 Å². The van der Waals surface area contributed by atoms with E-state index in [2.05, 4.69) is 9.88 Å².